The predicted octanol–water partition coefficient (Wildman–Crippen LogP) is 2.54. The van der Waals surface area contributed by atoms with Crippen LogP contribution in [-0.2, 0) is 0 Å². The number of benzene rings is 1. The van der Waals surface area contributed by atoms with E-state index in [0.29, 0.717) is 18.1 Å². The first kappa shape index (κ1) is 14.9. The molecule has 0 bridgehead atoms. The van der Waals surface area contributed by atoms with E-state index in [1.165, 1.54) is 6.07 Å². The fourth-order valence-corrected chi connectivity index (χ4v) is 2.53. The van der Waals surface area contributed by atoms with Crippen LogP contribution in [0.4, 0.5) is 5.82 Å². The van der Waals surface area contributed by atoms with Crippen LogP contribution in [0, 0.1) is 0 Å². The largest absolute Gasteiger partial charge is 0.469 e. The number of H-pyrrole nitrogens is 1. The summed E-state index contributed by atoms with van der Waals surface area (Å²) in [6.07, 6.45) is 2.39. The van der Waals surface area contributed by atoms with Crippen molar-refractivity contribution in [1.82, 2.24) is 15.5 Å². The van der Waals surface area contributed by atoms with Crippen molar-refractivity contribution in [2.75, 3.05) is 12.3 Å². The SMILES string of the molecule is Nc1cc(C(=O)NCCC(c2ccccc2)c2ccco2)[nH]n1. The summed E-state index contributed by atoms with van der Waals surface area (Å²) in [5.74, 6) is 1.06. The van der Waals surface area contributed by atoms with Crippen LogP contribution in [0.5, 0.6) is 0 Å². The molecule has 3 aromatic rings. The number of anilines is 1. The van der Waals surface area contributed by atoms with Crippen molar-refractivity contribution in [3.05, 3.63) is 71.8 Å². The molecule has 1 aromatic carbocycles. The van der Waals surface area contributed by atoms with Gasteiger partial charge < -0.3 is 15.5 Å². The van der Waals surface area contributed by atoms with Gasteiger partial charge in [0.1, 0.15) is 17.3 Å². The lowest BCUT2D eigenvalue weighted by atomic mass is 9.93. The summed E-state index contributed by atoms with van der Waals surface area (Å²) in [6.45, 7) is 0.512. The minimum Gasteiger partial charge on any atom is -0.469 e. The Morgan fingerprint density at radius 3 is 2.74 bits per heavy atom. The molecular formula is C17H18N4O2. The molecule has 1 unspecified atom stereocenters. The Balaban J connectivity index is 1.65. The molecule has 1 amide bonds. The third-order valence-electron chi connectivity index (χ3n) is 3.65. The smallest absolute Gasteiger partial charge is 0.269 e. The van der Waals surface area contributed by atoms with Gasteiger partial charge in [-0.1, -0.05) is 30.3 Å². The fourth-order valence-electron chi connectivity index (χ4n) is 2.53. The fraction of sp³-hybridized carbons (Fsp3) is 0.176. The quantitative estimate of drug-likeness (QED) is 0.651. The van der Waals surface area contributed by atoms with Gasteiger partial charge in [-0.15, -0.1) is 0 Å². The van der Waals surface area contributed by atoms with Gasteiger partial charge in [0, 0.05) is 18.5 Å². The van der Waals surface area contributed by atoms with Crippen LogP contribution in [0.2, 0.25) is 0 Å². The van der Waals surface area contributed by atoms with Gasteiger partial charge in [0.05, 0.1) is 6.26 Å². The average molecular weight is 310 g/mol. The number of rotatable bonds is 6. The van der Waals surface area contributed by atoms with Crippen molar-refractivity contribution in [2.24, 2.45) is 0 Å². The van der Waals surface area contributed by atoms with Crippen molar-refractivity contribution in [2.45, 2.75) is 12.3 Å². The molecule has 6 nitrogen and oxygen atoms in total. The van der Waals surface area contributed by atoms with Gasteiger partial charge in [0.25, 0.3) is 5.91 Å². The Hall–Kier alpha value is -3.02. The normalized spacial score (nSPS) is 12.0. The molecule has 4 N–H and O–H groups in total. The Morgan fingerprint density at radius 2 is 2.09 bits per heavy atom. The molecular weight excluding hydrogens is 292 g/mol. The first-order valence-corrected chi connectivity index (χ1v) is 7.41. The third-order valence-corrected chi connectivity index (χ3v) is 3.65. The molecule has 2 aromatic heterocycles. The highest BCUT2D eigenvalue weighted by molar-refractivity contribution is 5.92. The number of carbonyl (C=O) groups excluding carboxylic acids is 1. The van der Waals surface area contributed by atoms with Crippen molar-refractivity contribution in [3.63, 3.8) is 0 Å². The lowest BCUT2D eigenvalue weighted by molar-refractivity contribution is 0.0947. The van der Waals surface area contributed by atoms with E-state index in [1.54, 1.807) is 6.26 Å². The van der Waals surface area contributed by atoms with E-state index in [1.807, 2.05) is 30.3 Å². The highest BCUT2D eigenvalue weighted by Gasteiger charge is 2.17. The maximum Gasteiger partial charge on any atom is 0.269 e. The number of aromatic nitrogens is 2. The molecule has 1 atom stereocenters. The molecule has 0 radical (unpaired) electrons. The topological polar surface area (TPSA) is 96.9 Å². The van der Waals surface area contributed by atoms with Crippen LogP contribution in [0.15, 0.2) is 59.2 Å². The second-order valence-electron chi connectivity index (χ2n) is 5.23. The van der Waals surface area contributed by atoms with Gasteiger partial charge in [0.15, 0.2) is 0 Å². The van der Waals surface area contributed by atoms with Crippen LogP contribution >= 0.6 is 0 Å². The molecule has 0 aliphatic rings. The molecule has 3 rings (SSSR count). The Morgan fingerprint density at radius 1 is 1.26 bits per heavy atom. The van der Waals surface area contributed by atoms with Gasteiger partial charge in [-0.25, -0.2) is 0 Å². The second kappa shape index (κ2) is 6.83. The molecule has 0 fully saturated rings. The number of nitrogen functional groups attached to an aromatic ring is 1. The molecule has 0 spiro atoms. The van der Waals surface area contributed by atoms with Crippen molar-refractivity contribution >= 4 is 11.7 Å². The summed E-state index contributed by atoms with van der Waals surface area (Å²) in [7, 11) is 0. The van der Waals surface area contributed by atoms with E-state index in [-0.39, 0.29) is 11.8 Å². The number of hydrogen-bond acceptors (Lipinski definition) is 4. The molecule has 0 saturated carbocycles. The van der Waals surface area contributed by atoms with Crippen molar-refractivity contribution in [1.29, 1.82) is 0 Å². The number of nitrogens with two attached hydrogens (primary N) is 1. The van der Waals surface area contributed by atoms with Crippen LogP contribution in [0.25, 0.3) is 0 Å². The molecule has 2 heterocycles. The molecule has 0 aliphatic carbocycles. The van der Waals surface area contributed by atoms with Crippen molar-refractivity contribution < 1.29 is 9.21 Å². The van der Waals surface area contributed by atoms with E-state index in [0.717, 1.165) is 17.7 Å². The van der Waals surface area contributed by atoms with E-state index < -0.39 is 0 Å². The molecule has 23 heavy (non-hydrogen) atoms. The summed E-state index contributed by atoms with van der Waals surface area (Å²) in [4.78, 5) is 12.0. The molecule has 6 heteroatoms. The lowest BCUT2D eigenvalue weighted by Gasteiger charge is -2.15. The second-order valence-corrected chi connectivity index (χ2v) is 5.23. The average Bonchev–Trinajstić information content (AvgIpc) is 3.24. The number of amides is 1. The maximum atomic E-state index is 12.0. The molecule has 118 valence electrons. The van der Waals surface area contributed by atoms with Crippen LogP contribution < -0.4 is 11.1 Å². The van der Waals surface area contributed by atoms with Gasteiger partial charge in [-0.05, 0) is 24.1 Å². The number of carbonyl (C=O) groups is 1. The number of hydrogen-bond donors (Lipinski definition) is 3. The van der Waals surface area contributed by atoms with E-state index in [2.05, 4.69) is 27.6 Å². The summed E-state index contributed by atoms with van der Waals surface area (Å²) in [6, 6.07) is 15.4. The van der Waals surface area contributed by atoms with Gasteiger partial charge in [-0.2, -0.15) is 5.10 Å². The zero-order valence-corrected chi connectivity index (χ0v) is 12.5. The number of nitrogens with zero attached hydrogens (tertiary/aromatic N) is 1. The van der Waals surface area contributed by atoms with E-state index in [4.69, 9.17) is 10.2 Å². The summed E-state index contributed by atoms with van der Waals surface area (Å²) < 4.78 is 5.55. The number of nitrogens with one attached hydrogen (secondary N) is 2. The van der Waals surface area contributed by atoms with Crippen LogP contribution in [-0.4, -0.2) is 22.6 Å². The van der Waals surface area contributed by atoms with E-state index >= 15 is 0 Å². The van der Waals surface area contributed by atoms with Gasteiger partial charge in [-0.3, -0.25) is 9.89 Å². The number of aromatic amines is 1. The Kier molecular flexibility index (Phi) is 4.42. The highest BCUT2D eigenvalue weighted by Crippen LogP contribution is 2.27. The van der Waals surface area contributed by atoms with Gasteiger partial charge >= 0.3 is 0 Å². The first-order valence-electron chi connectivity index (χ1n) is 7.41. The van der Waals surface area contributed by atoms with E-state index in [9.17, 15) is 4.79 Å². The highest BCUT2D eigenvalue weighted by atomic mass is 16.3. The first-order chi connectivity index (χ1) is 11.2. The Bertz CT molecular complexity index is 750. The minimum absolute atomic E-state index is 0.0957. The Labute approximate surface area is 133 Å². The minimum atomic E-state index is -0.222. The van der Waals surface area contributed by atoms with Crippen LogP contribution in [0.3, 0.4) is 0 Å². The summed E-state index contributed by atoms with van der Waals surface area (Å²) in [5, 5.41) is 9.21. The summed E-state index contributed by atoms with van der Waals surface area (Å²) >= 11 is 0. The lowest BCUT2D eigenvalue weighted by Crippen LogP contribution is -2.26. The number of furan rings is 1. The summed E-state index contributed by atoms with van der Waals surface area (Å²) in [5.41, 5.74) is 7.01. The standard InChI is InChI=1S/C17H18N4O2/c18-16-11-14(20-21-16)17(22)19-9-8-13(15-7-4-10-23-15)12-5-2-1-3-6-12/h1-7,10-11,13H,8-9H2,(H,19,22)(H3,18,20,21). The predicted molar refractivity (Wildman–Crippen MR) is 86.9 cm³/mol. The maximum absolute atomic E-state index is 12.0. The van der Waals surface area contributed by atoms with Crippen LogP contribution in [0.1, 0.15) is 34.2 Å². The van der Waals surface area contributed by atoms with Gasteiger partial charge in [0.2, 0.25) is 0 Å². The zero-order chi connectivity index (χ0) is 16.1. The molecule has 0 saturated heterocycles. The zero-order valence-electron chi connectivity index (χ0n) is 12.5. The molecule has 0 aliphatic heterocycles. The monoisotopic (exact) mass is 310 g/mol. The van der Waals surface area contributed by atoms with Crippen molar-refractivity contribution in [3.8, 4) is 0 Å². The third kappa shape index (κ3) is 3.60.